The molecule has 3 aromatic rings. The Bertz CT molecular complexity index is 1140. The van der Waals surface area contributed by atoms with E-state index in [0.29, 0.717) is 17.8 Å². The van der Waals surface area contributed by atoms with E-state index in [9.17, 15) is 4.79 Å². The molecule has 0 saturated carbocycles. The maximum absolute atomic E-state index is 12.7. The van der Waals surface area contributed by atoms with Gasteiger partial charge >= 0.3 is 0 Å². The van der Waals surface area contributed by atoms with Crippen LogP contribution in [-0.2, 0) is 18.3 Å². The van der Waals surface area contributed by atoms with E-state index in [-0.39, 0.29) is 11.9 Å². The number of H-pyrrole nitrogens is 1. The van der Waals surface area contributed by atoms with Crippen molar-refractivity contribution in [3.63, 3.8) is 0 Å². The summed E-state index contributed by atoms with van der Waals surface area (Å²) in [4.78, 5) is 16.4. The highest BCUT2D eigenvalue weighted by Gasteiger charge is 2.45. The van der Waals surface area contributed by atoms with Gasteiger partial charge in [0.2, 0.25) is 0 Å². The van der Waals surface area contributed by atoms with Crippen LogP contribution in [0.4, 0.5) is 0 Å². The van der Waals surface area contributed by atoms with Gasteiger partial charge in [-0.1, -0.05) is 30.0 Å². The van der Waals surface area contributed by atoms with E-state index >= 15 is 0 Å². The molecule has 1 aliphatic carbocycles. The van der Waals surface area contributed by atoms with Crippen molar-refractivity contribution >= 4 is 11.6 Å². The number of aryl methyl sites for hydroxylation is 2. The van der Waals surface area contributed by atoms with Crippen molar-refractivity contribution in [1.29, 1.82) is 0 Å². The van der Waals surface area contributed by atoms with Gasteiger partial charge in [0.15, 0.2) is 5.82 Å². The van der Waals surface area contributed by atoms with Crippen molar-refractivity contribution in [1.82, 2.24) is 30.4 Å². The number of amides is 1. The van der Waals surface area contributed by atoms with Gasteiger partial charge in [0.05, 0.1) is 5.41 Å². The maximum atomic E-state index is 12.7. The lowest BCUT2D eigenvalue weighted by Gasteiger charge is -2.35. The topological polar surface area (TPSA) is 104 Å². The average molecular weight is 460 g/mol. The first-order chi connectivity index (χ1) is 16.1. The van der Waals surface area contributed by atoms with Crippen LogP contribution >= 0.6 is 0 Å². The van der Waals surface area contributed by atoms with Crippen molar-refractivity contribution in [2.24, 2.45) is 5.73 Å². The maximum Gasteiger partial charge on any atom is 0.253 e. The first-order valence-corrected chi connectivity index (χ1v) is 11.5. The van der Waals surface area contributed by atoms with Gasteiger partial charge in [-0.05, 0) is 72.2 Å². The number of fused-ring (bicyclic) bond motifs is 2. The van der Waals surface area contributed by atoms with Crippen molar-refractivity contribution < 1.29 is 4.79 Å². The quantitative estimate of drug-likeness (QED) is 0.587. The van der Waals surface area contributed by atoms with E-state index in [2.05, 4.69) is 45.4 Å². The predicted octanol–water partition coefficient (Wildman–Crippen LogP) is 2.60. The number of tetrazole rings is 1. The van der Waals surface area contributed by atoms with Gasteiger partial charge in [-0.15, -0.1) is 10.2 Å². The number of rotatable bonds is 6. The molecule has 0 spiro atoms. The van der Waals surface area contributed by atoms with E-state index in [1.165, 1.54) is 5.56 Å². The van der Waals surface area contributed by atoms with Crippen LogP contribution in [0.2, 0.25) is 0 Å². The molecule has 2 atom stereocenters. The van der Waals surface area contributed by atoms with Crippen molar-refractivity contribution in [2.45, 2.75) is 37.6 Å². The van der Waals surface area contributed by atoms with E-state index in [1.807, 2.05) is 44.1 Å². The molecular weight excluding hydrogens is 426 g/mol. The number of nitrogens with two attached hydrogens (primary N) is 1. The summed E-state index contributed by atoms with van der Waals surface area (Å²) in [7, 11) is 7.52. The monoisotopic (exact) mass is 459 g/mol. The lowest BCUT2D eigenvalue weighted by Crippen LogP contribution is -2.38. The van der Waals surface area contributed by atoms with Crippen molar-refractivity contribution in [3.05, 3.63) is 82.2 Å². The van der Waals surface area contributed by atoms with E-state index in [0.717, 1.165) is 40.8 Å². The molecular formula is C26H33N7O. The van der Waals surface area contributed by atoms with Gasteiger partial charge in [-0.3, -0.25) is 4.79 Å². The average Bonchev–Trinajstić information content (AvgIpc) is 3.31. The normalized spacial score (nSPS) is 17.8. The fraction of sp³-hybridized carbons (Fsp3) is 0.385. The van der Waals surface area contributed by atoms with Crippen LogP contribution in [0.15, 0.2) is 43.0 Å². The Morgan fingerprint density at radius 1 is 1.06 bits per heavy atom. The molecule has 0 radical (unpaired) electrons. The molecule has 8 heteroatoms. The summed E-state index contributed by atoms with van der Waals surface area (Å²) in [5.74, 6) is 0.562. The van der Waals surface area contributed by atoms with Crippen molar-refractivity contribution in [2.75, 3.05) is 28.2 Å². The summed E-state index contributed by atoms with van der Waals surface area (Å²) in [6, 6.07) is 12.3. The second-order valence-corrected chi connectivity index (χ2v) is 9.61. The van der Waals surface area contributed by atoms with Gasteiger partial charge in [0.25, 0.3) is 5.91 Å². The fourth-order valence-electron chi connectivity index (χ4n) is 5.05. The number of hydrogen-bond donors (Lipinski definition) is 2. The van der Waals surface area contributed by atoms with Crippen LogP contribution in [0.25, 0.3) is 5.70 Å². The van der Waals surface area contributed by atoms with Crippen LogP contribution in [0.5, 0.6) is 0 Å². The van der Waals surface area contributed by atoms with Gasteiger partial charge in [-0.25, -0.2) is 0 Å². The third-order valence-corrected chi connectivity index (χ3v) is 6.68. The first-order valence-electron chi connectivity index (χ1n) is 11.5. The number of carbonyl (C=O) groups is 1. The summed E-state index contributed by atoms with van der Waals surface area (Å²) in [5, 5.41) is 15.5. The lowest BCUT2D eigenvalue weighted by atomic mass is 9.68. The number of nitrogens with one attached hydrogen (secondary N) is 1. The minimum atomic E-state index is -0.694. The molecule has 8 nitrogen and oxygen atoms in total. The number of benzene rings is 2. The minimum absolute atomic E-state index is 0.0218. The minimum Gasteiger partial charge on any atom is -0.378 e. The third-order valence-electron chi connectivity index (χ3n) is 6.68. The van der Waals surface area contributed by atoms with Gasteiger partial charge < -0.3 is 15.5 Å². The van der Waals surface area contributed by atoms with Gasteiger partial charge in [0, 0.05) is 45.5 Å². The van der Waals surface area contributed by atoms with Gasteiger partial charge in [-0.2, -0.15) is 5.21 Å². The molecule has 1 aromatic heterocycles. The molecule has 1 amide bonds. The van der Waals surface area contributed by atoms with E-state index in [4.69, 9.17) is 5.73 Å². The number of aromatic nitrogens is 4. The zero-order valence-corrected chi connectivity index (χ0v) is 20.6. The molecule has 0 aliphatic heterocycles. The zero-order valence-electron chi connectivity index (χ0n) is 20.6. The summed E-state index contributed by atoms with van der Waals surface area (Å²) >= 11 is 0. The molecule has 1 heterocycles. The van der Waals surface area contributed by atoms with Gasteiger partial charge in [0.1, 0.15) is 0 Å². The van der Waals surface area contributed by atoms with Crippen LogP contribution in [0.3, 0.4) is 0 Å². The number of aromatic amines is 1. The Kier molecular flexibility index (Phi) is 6.27. The molecule has 3 N–H and O–H groups in total. The smallest absolute Gasteiger partial charge is 0.253 e. The number of nitrogens with zero attached hydrogens (tertiary/aromatic N) is 5. The lowest BCUT2D eigenvalue weighted by molar-refractivity contribution is 0.0827. The summed E-state index contributed by atoms with van der Waals surface area (Å²) in [6.07, 6.45) is 2.20. The fourth-order valence-corrected chi connectivity index (χ4v) is 5.05. The SMILES string of the molecule is C=C(c1ccc2c(c1)CCc1cc(C(=O)N(C)C)ccc1C2(C[C@@H](C)N)c1nn[nH]n1)N(C)C. The Hall–Kier alpha value is -3.52. The molecule has 0 bridgehead atoms. The molecule has 34 heavy (non-hydrogen) atoms. The Labute approximate surface area is 200 Å². The molecule has 4 rings (SSSR count). The van der Waals surface area contributed by atoms with E-state index < -0.39 is 5.41 Å². The highest BCUT2D eigenvalue weighted by atomic mass is 16.2. The van der Waals surface area contributed by atoms with Crippen LogP contribution in [0, 0.1) is 0 Å². The summed E-state index contributed by atoms with van der Waals surface area (Å²) < 4.78 is 0. The van der Waals surface area contributed by atoms with Crippen LogP contribution in [0.1, 0.15) is 57.3 Å². The number of hydrogen-bond acceptors (Lipinski definition) is 6. The second kappa shape index (κ2) is 9.02. The molecule has 1 unspecified atom stereocenters. The van der Waals surface area contributed by atoms with Crippen molar-refractivity contribution in [3.8, 4) is 0 Å². The van der Waals surface area contributed by atoms with E-state index in [1.54, 1.807) is 19.0 Å². The second-order valence-electron chi connectivity index (χ2n) is 9.61. The predicted molar refractivity (Wildman–Crippen MR) is 133 cm³/mol. The Morgan fingerprint density at radius 3 is 2.15 bits per heavy atom. The molecule has 178 valence electrons. The largest absolute Gasteiger partial charge is 0.378 e. The van der Waals surface area contributed by atoms with Crippen LogP contribution in [-0.4, -0.2) is 70.6 Å². The number of carbonyl (C=O) groups excluding carboxylic acids is 1. The Morgan fingerprint density at radius 2 is 1.65 bits per heavy atom. The molecule has 1 aliphatic rings. The summed E-state index contributed by atoms with van der Waals surface area (Å²) in [6.45, 7) is 6.24. The highest BCUT2D eigenvalue weighted by molar-refractivity contribution is 5.94. The summed E-state index contributed by atoms with van der Waals surface area (Å²) in [5.41, 5.74) is 12.9. The first kappa shape index (κ1) is 23.6. The molecule has 0 fully saturated rings. The Balaban J connectivity index is 2.00. The third kappa shape index (κ3) is 3.98. The highest BCUT2D eigenvalue weighted by Crippen LogP contribution is 2.47. The molecule has 0 saturated heterocycles. The zero-order chi connectivity index (χ0) is 24.6. The molecule has 2 aromatic carbocycles. The standard InChI is InChI=1S/C26H33N7O/c1-16(27)15-26(25-28-30-31-29-25)22-11-9-18(17(2)32(3)4)13-19(22)7-8-20-14-21(10-12-23(20)26)24(34)33(5)6/h9-14,16H,2,7-8,15,27H2,1,3-6H3,(H,28,29,30,31)/t16-,26?/m1/s1. The van der Waals surface area contributed by atoms with Crippen LogP contribution < -0.4 is 5.73 Å².